The van der Waals surface area contributed by atoms with Gasteiger partial charge in [0.05, 0.1) is 7.11 Å². The van der Waals surface area contributed by atoms with Crippen molar-refractivity contribution in [3.63, 3.8) is 0 Å². The summed E-state index contributed by atoms with van der Waals surface area (Å²) in [6.45, 7) is 0. The molecule has 0 bridgehead atoms. The van der Waals surface area contributed by atoms with Gasteiger partial charge in [0, 0.05) is 21.5 Å². The van der Waals surface area contributed by atoms with E-state index in [1.165, 1.54) is 0 Å². The van der Waals surface area contributed by atoms with Crippen LogP contribution in [0.5, 0.6) is 5.75 Å². The normalized spacial score (nSPS) is 10.8. The van der Waals surface area contributed by atoms with Crippen LogP contribution in [-0.4, -0.2) is 12.9 Å². The predicted octanol–water partition coefficient (Wildman–Crippen LogP) is 5.99. The maximum Gasteiger partial charge on any atom is 0.228 e. The molecule has 0 saturated carbocycles. The Bertz CT molecular complexity index is 1080. The molecule has 3 aromatic carbocycles. The highest BCUT2D eigenvalue weighted by molar-refractivity contribution is 6.30. The van der Waals surface area contributed by atoms with Crippen LogP contribution in [0.3, 0.4) is 0 Å². The lowest BCUT2D eigenvalue weighted by Gasteiger charge is -2.05. The third-order valence-electron chi connectivity index (χ3n) is 4.29. The first-order valence-corrected chi connectivity index (χ1v) is 8.51. The number of ether oxygens (including phenoxy) is 1. The first kappa shape index (κ1) is 16.4. The van der Waals surface area contributed by atoms with Crippen LogP contribution in [0.2, 0.25) is 5.02 Å². The topological polar surface area (TPSA) is 39.4 Å². The number of ketones is 1. The average Bonchev–Trinajstić information content (AvgIpc) is 3.07. The van der Waals surface area contributed by atoms with E-state index in [1.54, 1.807) is 31.4 Å². The van der Waals surface area contributed by atoms with Crippen molar-refractivity contribution < 1.29 is 13.9 Å². The molecule has 0 spiro atoms. The molecule has 0 radical (unpaired) electrons. The smallest absolute Gasteiger partial charge is 0.228 e. The number of furan rings is 1. The van der Waals surface area contributed by atoms with Crippen molar-refractivity contribution in [1.29, 1.82) is 0 Å². The highest BCUT2D eigenvalue weighted by Crippen LogP contribution is 2.36. The van der Waals surface area contributed by atoms with Crippen molar-refractivity contribution in [3.8, 4) is 16.9 Å². The molecule has 4 heteroatoms. The summed E-state index contributed by atoms with van der Waals surface area (Å²) in [4.78, 5) is 13.1. The summed E-state index contributed by atoms with van der Waals surface area (Å²) < 4.78 is 11.2. The minimum absolute atomic E-state index is 0.177. The van der Waals surface area contributed by atoms with Crippen LogP contribution in [0.1, 0.15) is 16.1 Å². The van der Waals surface area contributed by atoms with Crippen molar-refractivity contribution in [2.45, 2.75) is 0 Å². The molecular weight excluding hydrogens is 348 g/mol. The lowest BCUT2D eigenvalue weighted by molar-refractivity contribution is 0.101. The van der Waals surface area contributed by atoms with Crippen LogP contribution >= 0.6 is 11.6 Å². The number of fused-ring (bicyclic) bond motifs is 1. The third-order valence-corrected chi connectivity index (χ3v) is 4.54. The van der Waals surface area contributed by atoms with E-state index in [2.05, 4.69) is 0 Å². The van der Waals surface area contributed by atoms with Gasteiger partial charge < -0.3 is 9.15 Å². The fourth-order valence-electron chi connectivity index (χ4n) is 2.98. The fourth-order valence-corrected chi connectivity index (χ4v) is 3.11. The largest absolute Gasteiger partial charge is 0.497 e. The molecule has 26 heavy (non-hydrogen) atoms. The number of para-hydroxylation sites is 1. The van der Waals surface area contributed by atoms with Gasteiger partial charge in [-0.2, -0.15) is 0 Å². The van der Waals surface area contributed by atoms with Gasteiger partial charge in [0.1, 0.15) is 11.3 Å². The SMILES string of the molecule is COc1ccc(-c2c(C(=O)c3ccc(Cl)cc3)oc3ccccc23)cc1. The Kier molecular flexibility index (Phi) is 4.23. The summed E-state index contributed by atoms with van der Waals surface area (Å²) in [7, 11) is 1.62. The Balaban J connectivity index is 1.91. The molecule has 3 nitrogen and oxygen atoms in total. The molecule has 0 saturated heterocycles. The van der Waals surface area contributed by atoms with Crippen molar-refractivity contribution >= 4 is 28.4 Å². The summed E-state index contributed by atoms with van der Waals surface area (Å²) in [6, 6.07) is 22.0. The molecule has 4 rings (SSSR count). The number of halogens is 1. The van der Waals surface area contributed by atoms with Gasteiger partial charge in [-0.15, -0.1) is 0 Å². The second kappa shape index (κ2) is 6.70. The maximum absolute atomic E-state index is 13.1. The Hall–Kier alpha value is -3.04. The van der Waals surface area contributed by atoms with Gasteiger partial charge in [0.15, 0.2) is 5.76 Å². The molecule has 1 aromatic heterocycles. The second-order valence-corrected chi connectivity index (χ2v) is 6.30. The lowest BCUT2D eigenvalue weighted by atomic mass is 9.98. The molecule has 0 fully saturated rings. The zero-order valence-corrected chi connectivity index (χ0v) is 14.8. The summed E-state index contributed by atoms with van der Waals surface area (Å²) in [5, 5.41) is 1.48. The van der Waals surface area contributed by atoms with Crippen LogP contribution in [0.4, 0.5) is 0 Å². The number of benzene rings is 3. The van der Waals surface area contributed by atoms with Crippen molar-refractivity contribution in [2.24, 2.45) is 0 Å². The highest BCUT2D eigenvalue weighted by atomic mass is 35.5. The zero-order valence-electron chi connectivity index (χ0n) is 14.0. The Morgan fingerprint density at radius 2 is 1.62 bits per heavy atom. The number of carbonyl (C=O) groups excluding carboxylic acids is 1. The molecule has 0 unspecified atom stereocenters. The molecule has 0 aliphatic rings. The lowest BCUT2D eigenvalue weighted by Crippen LogP contribution is -2.01. The van der Waals surface area contributed by atoms with Gasteiger partial charge >= 0.3 is 0 Å². The van der Waals surface area contributed by atoms with Crippen LogP contribution in [0.25, 0.3) is 22.1 Å². The first-order valence-electron chi connectivity index (χ1n) is 8.13. The van der Waals surface area contributed by atoms with Gasteiger partial charge in [-0.3, -0.25) is 4.79 Å². The second-order valence-electron chi connectivity index (χ2n) is 5.87. The van der Waals surface area contributed by atoms with E-state index in [1.807, 2.05) is 48.5 Å². The van der Waals surface area contributed by atoms with Gasteiger partial charge in [0.25, 0.3) is 0 Å². The van der Waals surface area contributed by atoms with E-state index in [0.29, 0.717) is 21.9 Å². The molecular formula is C22H15ClO3. The Labute approximate surface area is 155 Å². The molecule has 4 aromatic rings. The summed E-state index contributed by atoms with van der Waals surface area (Å²) in [6.07, 6.45) is 0. The quantitative estimate of drug-likeness (QED) is 0.418. The van der Waals surface area contributed by atoms with Gasteiger partial charge in [-0.25, -0.2) is 0 Å². The van der Waals surface area contributed by atoms with Gasteiger partial charge in [-0.1, -0.05) is 41.9 Å². The number of carbonyl (C=O) groups is 1. The average molecular weight is 363 g/mol. The summed E-state index contributed by atoms with van der Waals surface area (Å²) in [5.41, 5.74) is 2.88. The number of hydrogen-bond acceptors (Lipinski definition) is 3. The Morgan fingerprint density at radius 1 is 0.923 bits per heavy atom. The van der Waals surface area contributed by atoms with E-state index >= 15 is 0 Å². The molecule has 1 heterocycles. The third kappa shape index (κ3) is 2.87. The standard InChI is InChI=1S/C22H15ClO3/c1-25-17-12-8-14(9-13-17)20-18-4-2-3-5-19(18)26-22(20)21(24)15-6-10-16(23)11-7-15/h2-13H,1H3. The molecule has 0 atom stereocenters. The Morgan fingerprint density at radius 3 is 2.31 bits per heavy atom. The van der Waals surface area contributed by atoms with E-state index in [4.69, 9.17) is 20.8 Å². The van der Waals surface area contributed by atoms with Gasteiger partial charge in [0.2, 0.25) is 5.78 Å². The van der Waals surface area contributed by atoms with Gasteiger partial charge in [-0.05, 0) is 48.0 Å². The zero-order chi connectivity index (χ0) is 18.1. The first-order chi connectivity index (χ1) is 12.7. The number of hydrogen-bond donors (Lipinski definition) is 0. The summed E-state index contributed by atoms with van der Waals surface area (Å²) in [5.74, 6) is 0.898. The highest BCUT2D eigenvalue weighted by Gasteiger charge is 2.23. The molecule has 0 aliphatic heterocycles. The summed E-state index contributed by atoms with van der Waals surface area (Å²) >= 11 is 5.94. The number of rotatable bonds is 4. The molecule has 128 valence electrons. The van der Waals surface area contributed by atoms with E-state index in [9.17, 15) is 4.79 Å². The molecule has 0 aliphatic carbocycles. The van der Waals surface area contributed by atoms with Crippen LogP contribution in [0, 0.1) is 0 Å². The minimum atomic E-state index is -0.177. The minimum Gasteiger partial charge on any atom is -0.497 e. The van der Waals surface area contributed by atoms with Crippen molar-refractivity contribution in [2.75, 3.05) is 7.11 Å². The van der Waals surface area contributed by atoms with Crippen molar-refractivity contribution in [1.82, 2.24) is 0 Å². The monoisotopic (exact) mass is 362 g/mol. The fraction of sp³-hybridized carbons (Fsp3) is 0.0455. The van der Waals surface area contributed by atoms with Crippen LogP contribution < -0.4 is 4.74 Å². The maximum atomic E-state index is 13.1. The van der Waals surface area contributed by atoms with E-state index < -0.39 is 0 Å². The van der Waals surface area contributed by atoms with Crippen LogP contribution in [-0.2, 0) is 0 Å². The number of methoxy groups -OCH3 is 1. The predicted molar refractivity (Wildman–Crippen MR) is 103 cm³/mol. The van der Waals surface area contributed by atoms with Crippen LogP contribution in [0.15, 0.2) is 77.2 Å². The molecule has 0 amide bonds. The molecule has 0 N–H and O–H groups in total. The van der Waals surface area contributed by atoms with E-state index in [-0.39, 0.29) is 5.78 Å². The van der Waals surface area contributed by atoms with Crippen molar-refractivity contribution in [3.05, 3.63) is 89.1 Å². The van der Waals surface area contributed by atoms with E-state index in [0.717, 1.165) is 22.3 Å².